The second-order valence-corrected chi connectivity index (χ2v) is 7.64. The Morgan fingerprint density at radius 1 is 1.21 bits per heavy atom. The van der Waals surface area contributed by atoms with E-state index < -0.39 is 0 Å². The molecule has 2 aromatic rings. The Bertz CT molecular complexity index is 873. The van der Waals surface area contributed by atoms with Gasteiger partial charge in [-0.25, -0.2) is 4.98 Å². The van der Waals surface area contributed by atoms with Gasteiger partial charge in [0.2, 0.25) is 0 Å². The number of imidazole rings is 1. The Kier molecular flexibility index (Phi) is 7.04. The molecule has 0 bridgehead atoms. The van der Waals surface area contributed by atoms with Crippen LogP contribution in [0.25, 0.3) is 0 Å². The lowest BCUT2D eigenvalue weighted by Crippen LogP contribution is -2.27. The molecule has 0 spiro atoms. The van der Waals surface area contributed by atoms with Gasteiger partial charge in [-0.3, -0.25) is 9.59 Å². The molecule has 0 aliphatic carbocycles. The Balaban J connectivity index is 1.83. The molecule has 0 radical (unpaired) electrons. The first-order valence-electron chi connectivity index (χ1n) is 10.3. The summed E-state index contributed by atoms with van der Waals surface area (Å²) < 4.78 is 6.92. The number of carbonyl (C=O) groups excluding carboxylic acids is 2. The van der Waals surface area contributed by atoms with Gasteiger partial charge in [0.05, 0.1) is 5.69 Å². The third kappa shape index (κ3) is 4.85. The van der Waals surface area contributed by atoms with Crippen molar-refractivity contribution in [3.63, 3.8) is 0 Å². The monoisotopic (exact) mass is 398 g/mol. The van der Waals surface area contributed by atoms with E-state index in [0.29, 0.717) is 31.2 Å². The van der Waals surface area contributed by atoms with Gasteiger partial charge in [-0.15, -0.1) is 0 Å². The summed E-state index contributed by atoms with van der Waals surface area (Å²) in [6.45, 7) is 5.99. The van der Waals surface area contributed by atoms with E-state index in [1.165, 1.54) is 0 Å². The normalized spacial score (nSPS) is 13.2. The first kappa shape index (κ1) is 21.0. The number of carbonyl (C=O) groups is 2. The summed E-state index contributed by atoms with van der Waals surface area (Å²) >= 11 is 0. The fourth-order valence-corrected chi connectivity index (χ4v) is 3.69. The summed E-state index contributed by atoms with van der Waals surface area (Å²) in [6.07, 6.45) is 3.45. The average molecular weight is 399 g/mol. The second kappa shape index (κ2) is 9.69. The number of benzene rings is 1. The predicted octanol–water partition coefficient (Wildman–Crippen LogP) is 3.36. The van der Waals surface area contributed by atoms with Crippen LogP contribution in [0.5, 0.6) is 0 Å². The van der Waals surface area contributed by atoms with Crippen molar-refractivity contribution in [1.82, 2.24) is 14.9 Å². The Labute approximate surface area is 171 Å². The van der Waals surface area contributed by atoms with Crippen LogP contribution in [-0.2, 0) is 17.7 Å². The first-order valence-corrected chi connectivity index (χ1v) is 10.3. The van der Waals surface area contributed by atoms with Crippen molar-refractivity contribution in [2.75, 3.05) is 25.6 Å². The highest BCUT2D eigenvalue weighted by Gasteiger charge is 2.27. The Hall–Kier alpha value is -2.67. The summed E-state index contributed by atoms with van der Waals surface area (Å²) in [5, 5.41) is 5.88. The maximum atomic E-state index is 13.1. The first-order chi connectivity index (χ1) is 14.0. The smallest absolute Gasteiger partial charge is 0.291 e. The molecular weight excluding hydrogens is 368 g/mol. The van der Waals surface area contributed by atoms with E-state index >= 15 is 0 Å². The number of hydrogen-bond donors (Lipinski definition) is 2. The van der Waals surface area contributed by atoms with Crippen LogP contribution in [0.4, 0.5) is 5.69 Å². The van der Waals surface area contributed by atoms with E-state index in [2.05, 4.69) is 29.5 Å². The number of hydrogen-bond acceptors (Lipinski definition) is 4. The quantitative estimate of drug-likeness (QED) is 0.668. The van der Waals surface area contributed by atoms with Crippen molar-refractivity contribution in [1.29, 1.82) is 0 Å². The molecule has 0 saturated carbocycles. The van der Waals surface area contributed by atoms with Crippen LogP contribution < -0.4 is 10.6 Å². The van der Waals surface area contributed by atoms with E-state index in [9.17, 15) is 9.59 Å². The lowest BCUT2D eigenvalue weighted by atomic mass is 10.0. The average Bonchev–Trinajstić information content (AvgIpc) is 3.11. The summed E-state index contributed by atoms with van der Waals surface area (Å²) in [6, 6.07) is 7.78. The van der Waals surface area contributed by atoms with Crippen LogP contribution in [0.2, 0.25) is 0 Å². The molecule has 3 rings (SSSR count). The van der Waals surface area contributed by atoms with Gasteiger partial charge in [-0.2, -0.15) is 0 Å². The number of nitrogens with one attached hydrogen (secondary N) is 2. The van der Waals surface area contributed by atoms with Crippen molar-refractivity contribution in [2.24, 2.45) is 0 Å². The summed E-state index contributed by atoms with van der Waals surface area (Å²) in [5.74, 6) is 0.0856. The van der Waals surface area contributed by atoms with Crippen LogP contribution in [0, 0.1) is 0 Å². The highest BCUT2D eigenvalue weighted by molar-refractivity contribution is 6.04. The molecule has 29 heavy (non-hydrogen) atoms. The predicted molar refractivity (Wildman–Crippen MR) is 112 cm³/mol. The molecule has 2 heterocycles. The minimum atomic E-state index is -0.278. The van der Waals surface area contributed by atoms with Crippen molar-refractivity contribution < 1.29 is 14.3 Å². The van der Waals surface area contributed by atoms with Crippen molar-refractivity contribution >= 4 is 17.5 Å². The number of anilines is 1. The lowest BCUT2D eigenvalue weighted by Gasteiger charge is -2.18. The number of aromatic nitrogens is 2. The summed E-state index contributed by atoms with van der Waals surface area (Å²) in [5.41, 5.74) is 3.07. The Morgan fingerprint density at radius 3 is 2.76 bits per heavy atom. The SMILES string of the molecule is COCCCNC(=O)c1nc(C(=O)Nc2ccccc2C(C)C)n2c1CCCC2. The van der Waals surface area contributed by atoms with Gasteiger partial charge >= 0.3 is 0 Å². The maximum absolute atomic E-state index is 13.1. The highest BCUT2D eigenvalue weighted by atomic mass is 16.5. The highest BCUT2D eigenvalue weighted by Crippen LogP contribution is 2.26. The summed E-state index contributed by atoms with van der Waals surface area (Å²) in [7, 11) is 1.63. The van der Waals surface area contributed by atoms with Gasteiger partial charge < -0.3 is 19.9 Å². The molecule has 2 amide bonds. The van der Waals surface area contributed by atoms with Crippen molar-refractivity contribution in [3.05, 3.63) is 47.0 Å². The van der Waals surface area contributed by atoms with Crippen LogP contribution >= 0.6 is 0 Å². The minimum Gasteiger partial charge on any atom is -0.385 e. The molecular formula is C22H30N4O3. The largest absolute Gasteiger partial charge is 0.385 e. The molecule has 2 N–H and O–H groups in total. The molecule has 0 unspecified atom stereocenters. The van der Waals surface area contributed by atoms with Gasteiger partial charge in [-0.05, 0) is 43.2 Å². The van der Waals surface area contributed by atoms with Crippen LogP contribution in [0.1, 0.15) is 71.4 Å². The van der Waals surface area contributed by atoms with E-state index in [1.54, 1.807) is 7.11 Å². The molecule has 1 aliphatic heterocycles. The standard InChI is InChI=1S/C22H30N4O3/c1-15(2)16-9-4-5-10-17(16)24-22(28)20-25-19(18-11-6-7-13-26(18)20)21(27)23-12-8-14-29-3/h4-5,9-10,15H,6-8,11-14H2,1-3H3,(H,23,27)(H,24,28). The zero-order valence-corrected chi connectivity index (χ0v) is 17.5. The molecule has 7 nitrogen and oxygen atoms in total. The number of ether oxygens (including phenoxy) is 1. The van der Waals surface area contributed by atoms with E-state index in [0.717, 1.165) is 42.6 Å². The number of amides is 2. The number of fused-ring (bicyclic) bond motifs is 1. The van der Waals surface area contributed by atoms with Gasteiger partial charge in [0.15, 0.2) is 5.82 Å². The van der Waals surface area contributed by atoms with E-state index in [4.69, 9.17) is 4.74 Å². The van der Waals surface area contributed by atoms with E-state index in [-0.39, 0.29) is 17.7 Å². The van der Waals surface area contributed by atoms with Gasteiger partial charge in [0, 0.05) is 32.5 Å². The zero-order chi connectivity index (χ0) is 20.8. The molecule has 1 aromatic heterocycles. The molecule has 156 valence electrons. The number of nitrogens with zero attached hydrogens (tertiary/aromatic N) is 2. The third-order valence-corrected chi connectivity index (χ3v) is 5.18. The number of methoxy groups -OCH3 is 1. The van der Waals surface area contributed by atoms with Gasteiger partial charge in [0.1, 0.15) is 5.69 Å². The molecule has 0 fully saturated rings. The molecule has 0 atom stereocenters. The van der Waals surface area contributed by atoms with Crippen LogP contribution in [0.15, 0.2) is 24.3 Å². The second-order valence-electron chi connectivity index (χ2n) is 7.64. The number of rotatable bonds is 8. The van der Waals surface area contributed by atoms with Crippen molar-refractivity contribution in [2.45, 2.75) is 52.0 Å². The van der Waals surface area contributed by atoms with Gasteiger partial charge in [-0.1, -0.05) is 32.0 Å². The lowest BCUT2D eigenvalue weighted by molar-refractivity contribution is 0.0942. The Morgan fingerprint density at radius 2 is 2.00 bits per heavy atom. The van der Waals surface area contributed by atoms with Gasteiger partial charge in [0.25, 0.3) is 11.8 Å². The topological polar surface area (TPSA) is 85.2 Å². The minimum absolute atomic E-state index is 0.228. The molecule has 7 heteroatoms. The van der Waals surface area contributed by atoms with E-state index in [1.807, 2.05) is 28.8 Å². The number of para-hydroxylation sites is 1. The molecule has 1 aliphatic rings. The molecule has 0 saturated heterocycles. The molecule has 1 aromatic carbocycles. The fraction of sp³-hybridized carbons (Fsp3) is 0.500. The van der Waals surface area contributed by atoms with Crippen LogP contribution in [0.3, 0.4) is 0 Å². The fourth-order valence-electron chi connectivity index (χ4n) is 3.69. The maximum Gasteiger partial charge on any atom is 0.291 e. The summed E-state index contributed by atoms with van der Waals surface area (Å²) in [4.78, 5) is 30.2. The zero-order valence-electron chi connectivity index (χ0n) is 17.5. The third-order valence-electron chi connectivity index (χ3n) is 5.18. The van der Waals surface area contributed by atoms with Crippen molar-refractivity contribution in [3.8, 4) is 0 Å². The van der Waals surface area contributed by atoms with Crippen LogP contribution in [-0.4, -0.2) is 41.6 Å².